The summed E-state index contributed by atoms with van der Waals surface area (Å²) in [5, 5.41) is 20.3. The first kappa shape index (κ1) is 18.2. The monoisotopic (exact) mass is 313 g/mol. The van der Waals surface area contributed by atoms with E-state index < -0.39 is 0 Å². The van der Waals surface area contributed by atoms with Crippen molar-refractivity contribution in [3.05, 3.63) is 0 Å². The van der Waals surface area contributed by atoms with Crippen LogP contribution < -0.4 is 0 Å². The lowest BCUT2D eigenvalue weighted by Gasteiger charge is -2.37. The molecule has 2 fully saturated rings. The second kappa shape index (κ2) is 8.62. The average Bonchev–Trinajstić information content (AvgIpc) is 2.90. The molecule has 1 heterocycles. The molecule has 1 saturated carbocycles. The number of nitrogens with zero attached hydrogens (tertiary/aromatic N) is 1. The summed E-state index contributed by atoms with van der Waals surface area (Å²) >= 11 is 0. The molecule has 3 unspecified atom stereocenters. The predicted octanol–water partition coefficient (Wildman–Crippen LogP) is 2.57. The van der Waals surface area contributed by atoms with Gasteiger partial charge >= 0.3 is 0 Å². The van der Waals surface area contributed by atoms with Crippen molar-refractivity contribution < 1.29 is 14.9 Å². The van der Waals surface area contributed by atoms with E-state index in [1.165, 1.54) is 13.0 Å². The average molecular weight is 313 g/mol. The van der Waals surface area contributed by atoms with Crippen molar-refractivity contribution >= 4 is 0 Å². The molecule has 130 valence electrons. The highest BCUT2D eigenvalue weighted by atomic mass is 16.5. The minimum atomic E-state index is -0.287. The van der Waals surface area contributed by atoms with Crippen LogP contribution in [0.2, 0.25) is 0 Å². The zero-order chi connectivity index (χ0) is 16.1. The maximum absolute atomic E-state index is 10.5. The Labute approximate surface area is 135 Å². The van der Waals surface area contributed by atoms with Gasteiger partial charge in [-0.2, -0.15) is 0 Å². The fourth-order valence-electron chi connectivity index (χ4n) is 3.90. The van der Waals surface area contributed by atoms with Crippen LogP contribution in [0.3, 0.4) is 0 Å². The molecule has 2 aliphatic rings. The Kier molecular flexibility index (Phi) is 7.13. The van der Waals surface area contributed by atoms with Crippen molar-refractivity contribution in [1.82, 2.24) is 4.90 Å². The van der Waals surface area contributed by atoms with E-state index >= 15 is 0 Å². The van der Waals surface area contributed by atoms with Crippen molar-refractivity contribution in [2.24, 2.45) is 5.92 Å². The Bertz CT molecular complexity index is 323. The van der Waals surface area contributed by atoms with Gasteiger partial charge in [-0.15, -0.1) is 0 Å². The fraction of sp³-hybridized carbons (Fsp3) is 1.00. The van der Waals surface area contributed by atoms with Gasteiger partial charge in [0.2, 0.25) is 0 Å². The molecule has 0 radical (unpaired) electrons. The van der Waals surface area contributed by atoms with Crippen LogP contribution >= 0.6 is 0 Å². The lowest BCUT2D eigenvalue weighted by atomic mass is 9.89. The standard InChI is InChI=1S/C18H35NO3/c1-13(2)19-11-5-6-15(12-19)16(20)10-9-14(3)22-18-8-4-7-17(18)21/h13-18,20-21H,4-12H2,1-3H3/t14?,15?,16?,17-,18-/m0/s1. The van der Waals surface area contributed by atoms with Crippen LogP contribution in [0.15, 0.2) is 0 Å². The normalized spacial score (nSPS) is 33.3. The molecule has 1 aliphatic carbocycles. The molecule has 0 aromatic heterocycles. The molecule has 4 heteroatoms. The van der Waals surface area contributed by atoms with Crippen molar-refractivity contribution in [2.75, 3.05) is 13.1 Å². The zero-order valence-electron chi connectivity index (χ0n) is 14.6. The third-order valence-electron chi connectivity index (χ3n) is 5.46. The molecule has 2 rings (SSSR count). The highest BCUT2D eigenvalue weighted by Gasteiger charge is 2.29. The molecule has 22 heavy (non-hydrogen) atoms. The molecule has 1 aliphatic heterocycles. The van der Waals surface area contributed by atoms with Gasteiger partial charge in [-0.3, -0.25) is 0 Å². The largest absolute Gasteiger partial charge is 0.393 e. The van der Waals surface area contributed by atoms with Crippen molar-refractivity contribution in [2.45, 2.75) is 96.2 Å². The molecule has 0 amide bonds. The number of hydrogen-bond acceptors (Lipinski definition) is 4. The van der Waals surface area contributed by atoms with E-state index in [9.17, 15) is 10.2 Å². The molecule has 2 N–H and O–H groups in total. The molecule has 4 nitrogen and oxygen atoms in total. The van der Waals surface area contributed by atoms with Crippen LogP contribution in [0, 0.1) is 5.92 Å². The maximum Gasteiger partial charge on any atom is 0.0837 e. The van der Waals surface area contributed by atoms with E-state index in [2.05, 4.69) is 25.7 Å². The third-order valence-corrected chi connectivity index (χ3v) is 5.46. The Morgan fingerprint density at radius 3 is 2.50 bits per heavy atom. The van der Waals surface area contributed by atoms with Crippen LogP contribution in [-0.2, 0) is 4.74 Å². The predicted molar refractivity (Wildman–Crippen MR) is 88.9 cm³/mol. The zero-order valence-corrected chi connectivity index (χ0v) is 14.6. The Hall–Kier alpha value is -0.160. The third kappa shape index (κ3) is 5.19. The van der Waals surface area contributed by atoms with Gasteiger partial charge in [-0.1, -0.05) is 0 Å². The minimum absolute atomic E-state index is 0.0123. The molecule has 0 aromatic carbocycles. The topological polar surface area (TPSA) is 52.9 Å². The van der Waals surface area contributed by atoms with Gasteiger partial charge in [-0.25, -0.2) is 0 Å². The summed E-state index contributed by atoms with van der Waals surface area (Å²) in [4.78, 5) is 2.48. The lowest BCUT2D eigenvalue weighted by molar-refractivity contribution is -0.0633. The van der Waals surface area contributed by atoms with Gasteiger partial charge < -0.3 is 19.8 Å². The molecular formula is C18H35NO3. The van der Waals surface area contributed by atoms with E-state index in [-0.39, 0.29) is 24.4 Å². The van der Waals surface area contributed by atoms with E-state index in [0.29, 0.717) is 12.0 Å². The number of likely N-dealkylation sites (tertiary alicyclic amines) is 1. The van der Waals surface area contributed by atoms with E-state index in [4.69, 9.17) is 4.74 Å². The van der Waals surface area contributed by atoms with Gasteiger partial charge in [0.15, 0.2) is 0 Å². The number of aliphatic hydroxyl groups is 2. The van der Waals surface area contributed by atoms with Gasteiger partial charge in [0.25, 0.3) is 0 Å². The molecule has 1 saturated heterocycles. The second-order valence-electron chi connectivity index (χ2n) is 7.62. The van der Waals surface area contributed by atoms with Gasteiger partial charge in [-0.05, 0) is 78.2 Å². The molecule has 0 spiro atoms. The number of hydrogen-bond donors (Lipinski definition) is 2. The van der Waals surface area contributed by atoms with Crippen LogP contribution in [-0.4, -0.2) is 58.7 Å². The fourth-order valence-corrected chi connectivity index (χ4v) is 3.90. The van der Waals surface area contributed by atoms with Gasteiger partial charge in [0.1, 0.15) is 0 Å². The van der Waals surface area contributed by atoms with Crippen LogP contribution in [0.5, 0.6) is 0 Å². The smallest absolute Gasteiger partial charge is 0.0837 e. The molecule has 0 bridgehead atoms. The Morgan fingerprint density at radius 2 is 1.86 bits per heavy atom. The van der Waals surface area contributed by atoms with E-state index in [1.807, 2.05) is 0 Å². The van der Waals surface area contributed by atoms with Crippen LogP contribution in [0.1, 0.15) is 65.7 Å². The second-order valence-corrected chi connectivity index (χ2v) is 7.62. The van der Waals surface area contributed by atoms with E-state index in [0.717, 1.165) is 45.1 Å². The number of ether oxygens (including phenoxy) is 1. The first-order chi connectivity index (χ1) is 10.5. The maximum atomic E-state index is 10.5. The summed E-state index contributed by atoms with van der Waals surface area (Å²) in [5.74, 6) is 0.403. The first-order valence-electron chi connectivity index (χ1n) is 9.23. The summed E-state index contributed by atoms with van der Waals surface area (Å²) in [6.45, 7) is 8.73. The quantitative estimate of drug-likeness (QED) is 0.758. The summed E-state index contributed by atoms with van der Waals surface area (Å²) in [5.41, 5.74) is 0. The molecule has 5 atom stereocenters. The van der Waals surface area contributed by atoms with E-state index in [1.54, 1.807) is 0 Å². The summed E-state index contributed by atoms with van der Waals surface area (Å²) in [6, 6.07) is 0.570. The Morgan fingerprint density at radius 1 is 1.09 bits per heavy atom. The highest BCUT2D eigenvalue weighted by Crippen LogP contribution is 2.26. The van der Waals surface area contributed by atoms with Crippen molar-refractivity contribution in [1.29, 1.82) is 0 Å². The highest BCUT2D eigenvalue weighted by molar-refractivity contribution is 4.81. The van der Waals surface area contributed by atoms with Gasteiger partial charge in [0.05, 0.1) is 24.4 Å². The SMILES string of the molecule is CC(CCC(O)C1CCCN(C(C)C)C1)O[C@H]1CCC[C@@H]1O. The van der Waals surface area contributed by atoms with Crippen LogP contribution in [0.4, 0.5) is 0 Å². The van der Waals surface area contributed by atoms with Crippen molar-refractivity contribution in [3.63, 3.8) is 0 Å². The van der Waals surface area contributed by atoms with Crippen LogP contribution in [0.25, 0.3) is 0 Å². The number of aliphatic hydroxyl groups excluding tert-OH is 2. The lowest BCUT2D eigenvalue weighted by Crippen LogP contribution is -2.43. The molecule has 0 aromatic rings. The molecular weight excluding hydrogens is 278 g/mol. The summed E-state index contributed by atoms with van der Waals surface area (Å²) < 4.78 is 5.95. The summed E-state index contributed by atoms with van der Waals surface area (Å²) in [7, 11) is 0. The minimum Gasteiger partial charge on any atom is -0.393 e. The number of rotatable bonds is 7. The van der Waals surface area contributed by atoms with Gasteiger partial charge in [0, 0.05) is 12.6 Å². The summed E-state index contributed by atoms with van der Waals surface area (Å²) in [6.07, 6.45) is 6.55. The number of piperidine rings is 1. The first-order valence-corrected chi connectivity index (χ1v) is 9.23. The van der Waals surface area contributed by atoms with Crippen molar-refractivity contribution in [3.8, 4) is 0 Å². The Balaban J connectivity index is 1.69.